The molecule has 0 fully saturated rings. The van der Waals surface area contributed by atoms with Crippen molar-refractivity contribution in [2.24, 2.45) is 11.5 Å². The van der Waals surface area contributed by atoms with Gasteiger partial charge in [0.05, 0.1) is 11.1 Å². The number of carbonyl (C=O) groups excluding carboxylic acids is 1. The van der Waals surface area contributed by atoms with Crippen LogP contribution in [0.15, 0.2) is 73.4 Å². The van der Waals surface area contributed by atoms with Crippen molar-refractivity contribution in [3.05, 3.63) is 107 Å². The summed E-state index contributed by atoms with van der Waals surface area (Å²) in [5.74, 6) is -1.79. The van der Waals surface area contributed by atoms with Crippen LogP contribution in [-0.4, -0.2) is 27.8 Å². The Kier molecular flexibility index (Phi) is 12.0. The minimum absolute atomic E-state index is 0.0833. The number of nitrogens with zero attached hydrogens (tertiary/aromatic N) is 1. The van der Waals surface area contributed by atoms with Gasteiger partial charge in [-0.1, -0.05) is 42.4 Å². The van der Waals surface area contributed by atoms with Gasteiger partial charge in [-0.05, 0) is 54.8 Å². The van der Waals surface area contributed by atoms with Crippen molar-refractivity contribution in [3.63, 3.8) is 0 Å². The first-order valence-electron chi connectivity index (χ1n) is 9.71. The predicted molar refractivity (Wildman–Crippen MR) is 127 cm³/mol. The minimum Gasteiger partial charge on any atom is -0.399 e. The Morgan fingerprint density at radius 3 is 2.18 bits per heavy atom. The number of pyridine rings is 1. The maximum Gasteiger partial charge on any atom is 0.249 e. The molecule has 0 saturated heterocycles. The number of aliphatic hydroxyl groups excluding tert-OH is 1. The molecule has 0 aliphatic rings. The summed E-state index contributed by atoms with van der Waals surface area (Å²) in [4.78, 5) is 14.9. The van der Waals surface area contributed by atoms with E-state index in [9.17, 15) is 13.6 Å². The van der Waals surface area contributed by atoms with Crippen LogP contribution in [0.1, 0.15) is 33.6 Å². The Bertz CT molecular complexity index is 1060. The average Bonchev–Trinajstić information content (AvgIpc) is 2.79. The van der Waals surface area contributed by atoms with Gasteiger partial charge in [-0.25, -0.2) is 8.78 Å². The molecule has 3 aromatic rings. The maximum atomic E-state index is 13.0. The number of carbonyl (C=O) groups is 1. The average molecular weight is 475 g/mol. The van der Waals surface area contributed by atoms with Crippen LogP contribution in [0.4, 0.5) is 8.78 Å². The van der Waals surface area contributed by atoms with Crippen molar-refractivity contribution >= 4 is 28.4 Å². The van der Waals surface area contributed by atoms with Crippen molar-refractivity contribution in [3.8, 4) is 0 Å². The van der Waals surface area contributed by atoms with E-state index in [-0.39, 0.29) is 23.6 Å². The largest absolute Gasteiger partial charge is 0.399 e. The third kappa shape index (κ3) is 10.0. The first kappa shape index (κ1) is 27.4. The molecule has 0 bridgehead atoms. The second-order valence-corrected chi connectivity index (χ2v) is 6.90. The number of amides is 1. The lowest BCUT2D eigenvalue weighted by molar-refractivity contribution is 0.0999. The van der Waals surface area contributed by atoms with E-state index in [0.29, 0.717) is 5.70 Å². The summed E-state index contributed by atoms with van der Waals surface area (Å²) in [5, 5.41) is 15.0. The van der Waals surface area contributed by atoms with Crippen molar-refractivity contribution < 1.29 is 18.7 Å². The molecule has 0 saturated carbocycles. The standard InChI is InChI=1S/C8H6ClFN2O.C8H8FN.C8H11NO/c9-7(11)6-4(8(12)13)2-1-3-5(6)10;1-6(10)7-2-4-8(9)5-3-7;10-7-3-5-8-4-1-2-6-9-8/h1-3,11H,(H2,12,13);2-5H,1,10H2;1-2,4,6,10H,3,5,7H2. The summed E-state index contributed by atoms with van der Waals surface area (Å²) in [6.07, 6.45) is 3.45. The second-order valence-electron chi connectivity index (χ2n) is 6.52. The molecule has 0 unspecified atom stereocenters. The van der Waals surface area contributed by atoms with Gasteiger partial charge in [0.15, 0.2) is 0 Å². The second kappa shape index (κ2) is 14.4. The molecule has 6 N–H and O–H groups in total. The molecule has 1 amide bonds. The van der Waals surface area contributed by atoms with Gasteiger partial charge in [0.2, 0.25) is 5.91 Å². The van der Waals surface area contributed by atoms with Crippen LogP contribution in [-0.2, 0) is 6.42 Å². The number of benzene rings is 2. The highest BCUT2D eigenvalue weighted by molar-refractivity contribution is 6.69. The highest BCUT2D eigenvalue weighted by Gasteiger charge is 2.15. The van der Waals surface area contributed by atoms with Crippen molar-refractivity contribution in [1.29, 1.82) is 5.41 Å². The van der Waals surface area contributed by atoms with Crippen molar-refractivity contribution in [2.45, 2.75) is 12.8 Å². The zero-order chi connectivity index (χ0) is 24.8. The molecule has 0 spiro atoms. The number of aromatic nitrogens is 1. The SMILES string of the molecule is C=C(N)c1ccc(F)cc1.N=C(Cl)c1c(F)cccc1C(N)=O.OCCCc1ccccn1. The van der Waals surface area contributed by atoms with E-state index in [1.165, 1.54) is 24.3 Å². The van der Waals surface area contributed by atoms with E-state index in [2.05, 4.69) is 11.6 Å². The number of primary amides is 1. The summed E-state index contributed by atoms with van der Waals surface area (Å²) < 4.78 is 25.3. The quantitative estimate of drug-likeness (QED) is 0.398. The maximum absolute atomic E-state index is 13.0. The summed E-state index contributed by atoms with van der Waals surface area (Å²) in [7, 11) is 0. The number of nitrogens with one attached hydrogen (secondary N) is 1. The topological polar surface area (TPSA) is 126 Å². The fourth-order valence-electron chi connectivity index (χ4n) is 2.42. The molecule has 0 aliphatic carbocycles. The van der Waals surface area contributed by atoms with Crippen LogP contribution in [0.25, 0.3) is 5.70 Å². The highest BCUT2D eigenvalue weighted by atomic mass is 35.5. The van der Waals surface area contributed by atoms with Gasteiger partial charge in [0.25, 0.3) is 0 Å². The molecule has 1 aromatic heterocycles. The van der Waals surface area contributed by atoms with E-state index in [1.807, 2.05) is 18.2 Å². The third-order valence-corrected chi connectivity index (χ3v) is 4.22. The Balaban J connectivity index is 0.000000251. The van der Waals surface area contributed by atoms with Crippen molar-refractivity contribution in [1.82, 2.24) is 4.98 Å². The fourth-order valence-corrected chi connectivity index (χ4v) is 2.61. The molecule has 3 rings (SSSR count). The summed E-state index contributed by atoms with van der Waals surface area (Å²) >= 11 is 5.29. The lowest BCUT2D eigenvalue weighted by Gasteiger charge is -2.03. The number of halogens is 3. The highest BCUT2D eigenvalue weighted by Crippen LogP contribution is 2.15. The van der Waals surface area contributed by atoms with E-state index in [1.54, 1.807) is 18.3 Å². The molecular weight excluding hydrogens is 450 g/mol. The number of rotatable bonds is 6. The molecule has 33 heavy (non-hydrogen) atoms. The number of hydrogen-bond acceptors (Lipinski definition) is 5. The van der Waals surface area contributed by atoms with Gasteiger partial charge in [0.1, 0.15) is 16.8 Å². The molecule has 0 atom stereocenters. The predicted octanol–water partition coefficient (Wildman–Crippen LogP) is 4.25. The first-order chi connectivity index (χ1) is 15.7. The molecule has 0 aliphatic heterocycles. The lowest BCUT2D eigenvalue weighted by Crippen LogP contribution is -2.16. The van der Waals surface area contributed by atoms with Gasteiger partial charge in [-0.2, -0.15) is 0 Å². The Labute approximate surface area is 196 Å². The van der Waals surface area contributed by atoms with E-state index >= 15 is 0 Å². The van der Waals surface area contributed by atoms with Gasteiger partial charge in [0, 0.05) is 24.2 Å². The summed E-state index contributed by atoms with van der Waals surface area (Å²) in [6, 6.07) is 15.5. The number of aliphatic hydroxyl groups is 1. The zero-order valence-corrected chi connectivity index (χ0v) is 18.5. The van der Waals surface area contributed by atoms with E-state index in [4.69, 9.17) is 33.6 Å². The molecule has 174 valence electrons. The molecule has 2 aromatic carbocycles. The third-order valence-electron chi connectivity index (χ3n) is 4.03. The monoisotopic (exact) mass is 474 g/mol. The normalized spacial score (nSPS) is 9.58. The molecule has 1 heterocycles. The van der Waals surface area contributed by atoms with Crippen LogP contribution in [0.3, 0.4) is 0 Å². The summed E-state index contributed by atoms with van der Waals surface area (Å²) in [6.45, 7) is 3.76. The first-order valence-corrected chi connectivity index (χ1v) is 10.1. The van der Waals surface area contributed by atoms with Gasteiger partial charge >= 0.3 is 0 Å². The Morgan fingerprint density at radius 2 is 1.73 bits per heavy atom. The van der Waals surface area contributed by atoms with Crippen LogP contribution < -0.4 is 11.5 Å². The molecular formula is C24H25ClF2N4O2. The van der Waals surface area contributed by atoms with Crippen LogP contribution >= 0.6 is 11.6 Å². The Morgan fingerprint density at radius 1 is 1.06 bits per heavy atom. The van der Waals surface area contributed by atoms with Crippen molar-refractivity contribution in [2.75, 3.05) is 6.61 Å². The van der Waals surface area contributed by atoms with Crippen LogP contribution in [0.5, 0.6) is 0 Å². The molecule has 9 heteroatoms. The minimum atomic E-state index is -0.806. The van der Waals surface area contributed by atoms with Gasteiger partial charge in [-0.3, -0.25) is 15.2 Å². The number of nitrogens with two attached hydrogens (primary N) is 2. The number of hydrogen-bond donors (Lipinski definition) is 4. The Hall–Kier alpha value is -3.62. The number of aryl methyl sites for hydroxylation is 1. The fraction of sp³-hybridized carbons (Fsp3) is 0.125. The van der Waals surface area contributed by atoms with Crippen LogP contribution in [0.2, 0.25) is 0 Å². The molecule has 6 nitrogen and oxygen atoms in total. The van der Waals surface area contributed by atoms with E-state index in [0.717, 1.165) is 30.2 Å². The molecule has 0 radical (unpaired) electrons. The lowest BCUT2D eigenvalue weighted by atomic mass is 10.1. The summed E-state index contributed by atoms with van der Waals surface area (Å²) in [5.41, 5.74) is 12.2. The van der Waals surface area contributed by atoms with Crippen LogP contribution in [0, 0.1) is 17.0 Å². The zero-order valence-electron chi connectivity index (χ0n) is 17.8. The van der Waals surface area contributed by atoms with Gasteiger partial charge < -0.3 is 16.6 Å². The van der Waals surface area contributed by atoms with E-state index < -0.39 is 16.9 Å². The smallest absolute Gasteiger partial charge is 0.249 e. The van der Waals surface area contributed by atoms with Gasteiger partial charge in [-0.15, -0.1) is 0 Å².